The van der Waals surface area contributed by atoms with Gasteiger partial charge in [-0.3, -0.25) is 18.7 Å². The quantitative estimate of drug-likeness (QED) is 0.365. The van der Waals surface area contributed by atoms with Gasteiger partial charge in [-0.2, -0.15) is 4.72 Å². The second kappa shape index (κ2) is 10.4. The molecule has 10 nitrogen and oxygen atoms in total. The van der Waals surface area contributed by atoms with E-state index in [0.717, 1.165) is 4.57 Å². The number of hydrogen-bond donors (Lipinski definition) is 2. The Morgan fingerprint density at radius 3 is 2.27 bits per heavy atom. The summed E-state index contributed by atoms with van der Waals surface area (Å²) in [4.78, 5) is 37.9. The molecule has 0 aliphatic heterocycles. The van der Waals surface area contributed by atoms with Crippen LogP contribution in [0.2, 0.25) is 0 Å². The van der Waals surface area contributed by atoms with E-state index in [1.165, 1.54) is 36.9 Å². The highest BCUT2D eigenvalue weighted by Crippen LogP contribution is 2.22. The topological polar surface area (TPSA) is 128 Å². The molecule has 2 N–H and O–H groups in total. The fraction of sp³-hybridized carbons (Fsp3) is 0.192. The Balaban J connectivity index is 1.69. The van der Waals surface area contributed by atoms with Crippen LogP contribution in [0.15, 0.2) is 87.3 Å². The summed E-state index contributed by atoms with van der Waals surface area (Å²) in [5.74, 6) is 0.0405. The number of amides is 1. The molecule has 0 fully saturated rings. The first-order valence-corrected chi connectivity index (χ1v) is 12.9. The number of aryl methyl sites for hydroxylation is 1. The lowest BCUT2D eigenvalue weighted by atomic mass is 10.1. The fourth-order valence-electron chi connectivity index (χ4n) is 3.90. The molecule has 0 saturated carbocycles. The summed E-state index contributed by atoms with van der Waals surface area (Å²) < 4.78 is 36.8. The molecule has 0 unspecified atom stereocenters. The summed E-state index contributed by atoms with van der Waals surface area (Å²) in [7, 11) is -1.46. The Labute approximate surface area is 213 Å². The third kappa shape index (κ3) is 5.32. The lowest BCUT2D eigenvalue weighted by Gasteiger charge is -2.19. The number of rotatable bonds is 8. The van der Waals surface area contributed by atoms with Crippen molar-refractivity contribution in [2.75, 3.05) is 11.9 Å². The van der Waals surface area contributed by atoms with E-state index in [2.05, 4.69) is 10.0 Å². The van der Waals surface area contributed by atoms with Crippen LogP contribution in [0.3, 0.4) is 0 Å². The van der Waals surface area contributed by atoms with Gasteiger partial charge in [-0.15, -0.1) is 0 Å². The molecule has 0 aliphatic rings. The van der Waals surface area contributed by atoms with Crippen LogP contribution < -0.4 is 26.0 Å². The van der Waals surface area contributed by atoms with Crippen LogP contribution >= 0.6 is 0 Å². The van der Waals surface area contributed by atoms with Crippen LogP contribution in [-0.4, -0.2) is 30.1 Å². The van der Waals surface area contributed by atoms with Gasteiger partial charge in [-0.1, -0.05) is 30.3 Å². The zero-order valence-corrected chi connectivity index (χ0v) is 21.3. The van der Waals surface area contributed by atoms with Crippen molar-refractivity contribution in [2.24, 2.45) is 14.1 Å². The molecule has 0 radical (unpaired) electrons. The van der Waals surface area contributed by atoms with E-state index < -0.39 is 33.2 Å². The van der Waals surface area contributed by atoms with Gasteiger partial charge in [0.25, 0.3) is 5.56 Å². The molecule has 0 spiro atoms. The molecule has 11 heteroatoms. The molecular weight excluding hydrogens is 496 g/mol. The average molecular weight is 523 g/mol. The molecule has 37 heavy (non-hydrogen) atoms. The first-order chi connectivity index (χ1) is 17.6. The van der Waals surface area contributed by atoms with Gasteiger partial charge in [0.2, 0.25) is 15.9 Å². The van der Waals surface area contributed by atoms with Crippen LogP contribution in [0.4, 0.5) is 5.69 Å². The number of nitrogens with one attached hydrogen (secondary N) is 2. The van der Waals surface area contributed by atoms with Crippen LogP contribution in [0.25, 0.3) is 10.9 Å². The maximum Gasteiger partial charge on any atom is 0.330 e. The van der Waals surface area contributed by atoms with E-state index in [1.54, 1.807) is 54.6 Å². The third-order valence-electron chi connectivity index (χ3n) is 5.85. The number of anilines is 1. The van der Waals surface area contributed by atoms with Crippen molar-refractivity contribution in [1.82, 2.24) is 13.9 Å². The van der Waals surface area contributed by atoms with Gasteiger partial charge in [0.1, 0.15) is 11.8 Å². The number of nitrogens with zero attached hydrogens (tertiary/aromatic N) is 2. The van der Waals surface area contributed by atoms with Crippen molar-refractivity contribution < 1.29 is 17.9 Å². The predicted octanol–water partition coefficient (Wildman–Crippen LogP) is 2.29. The predicted molar refractivity (Wildman–Crippen MR) is 140 cm³/mol. The van der Waals surface area contributed by atoms with Gasteiger partial charge in [-0.05, 0) is 55.0 Å². The largest absolute Gasteiger partial charge is 0.494 e. The molecular formula is C26H26N4O6S. The number of hydrogen-bond acceptors (Lipinski definition) is 6. The number of benzene rings is 3. The van der Waals surface area contributed by atoms with Crippen LogP contribution in [0.1, 0.15) is 18.5 Å². The van der Waals surface area contributed by atoms with Crippen molar-refractivity contribution in [2.45, 2.75) is 17.9 Å². The van der Waals surface area contributed by atoms with E-state index in [9.17, 15) is 22.8 Å². The Morgan fingerprint density at radius 2 is 1.62 bits per heavy atom. The number of ether oxygens (including phenoxy) is 1. The van der Waals surface area contributed by atoms with Gasteiger partial charge in [0, 0.05) is 19.8 Å². The number of fused-ring (bicyclic) bond motifs is 1. The highest BCUT2D eigenvalue weighted by molar-refractivity contribution is 7.89. The average Bonchev–Trinajstić information content (AvgIpc) is 2.90. The normalized spacial score (nSPS) is 12.3. The van der Waals surface area contributed by atoms with E-state index in [4.69, 9.17) is 4.74 Å². The van der Waals surface area contributed by atoms with Crippen molar-refractivity contribution in [3.05, 3.63) is 99.2 Å². The van der Waals surface area contributed by atoms with Crippen molar-refractivity contribution in [3.8, 4) is 5.75 Å². The van der Waals surface area contributed by atoms with Crippen LogP contribution in [0.5, 0.6) is 5.75 Å². The highest BCUT2D eigenvalue weighted by atomic mass is 32.2. The maximum atomic E-state index is 13.4. The lowest BCUT2D eigenvalue weighted by molar-refractivity contribution is -0.117. The summed E-state index contributed by atoms with van der Waals surface area (Å²) >= 11 is 0. The first kappa shape index (κ1) is 25.9. The summed E-state index contributed by atoms with van der Waals surface area (Å²) in [5.41, 5.74) is 0.0292. The highest BCUT2D eigenvalue weighted by Gasteiger charge is 2.28. The number of sulfonamides is 1. The Bertz CT molecular complexity index is 1680. The van der Waals surface area contributed by atoms with E-state index in [0.29, 0.717) is 29.1 Å². The lowest BCUT2D eigenvalue weighted by Crippen LogP contribution is -2.38. The van der Waals surface area contributed by atoms with E-state index in [-0.39, 0.29) is 10.3 Å². The van der Waals surface area contributed by atoms with Gasteiger partial charge in [0.15, 0.2) is 0 Å². The summed E-state index contributed by atoms with van der Waals surface area (Å²) in [5, 5.41) is 2.79. The minimum Gasteiger partial charge on any atom is -0.494 e. The Morgan fingerprint density at radius 1 is 0.946 bits per heavy atom. The summed E-state index contributed by atoms with van der Waals surface area (Å²) in [6.45, 7) is 2.36. The second-order valence-corrected chi connectivity index (χ2v) is 10.0. The minimum absolute atomic E-state index is 0.0579. The SMILES string of the molecule is CCOc1ccc(NC(=O)[C@H](NS(=O)(=O)c2ccc3c(c2)c(=O)n(C)c(=O)n3C)c2ccccc2)cc1. The molecule has 1 atom stereocenters. The molecule has 1 amide bonds. The van der Waals surface area contributed by atoms with Gasteiger partial charge >= 0.3 is 5.69 Å². The van der Waals surface area contributed by atoms with Crippen LogP contribution in [0, 0.1) is 0 Å². The van der Waals surface area contributed by atoms with Crippen molar-refractivity contribution >= 4 is 32.5 Å². The molecule has 192 valence electrons. The van der Waals surface area contributed by atoms with E-state index >= 15 is 0 Å². The first-order valence-electron chi connectivity index (χ1n) is 11.4. The fourth-order valence-corrected chi connectivity index (χ4v) is 5.11. The molecule has 1 aromatic heterocycles. The zero-order chi connectivity index (χ0) is 26.7. The molecule has 3 aromatic carbocycles. The van der Waals surface area contributed by atoms with Crippen molar-refractivity contribution in [3.63, 3.8) is 0 Å². The van der Waals surface area contributed by atoms with Gasteiger partial charge in [0.05, 0.1) is 22.4 Å². The Hall–Kier alpha value is -4.22. The number of carbonyl (C=O) groups excluding carboxylic acids is 1. The monoisotopic (exact) mass is 522 g/mol. The van der Waals surface area contributed by atoms with E-state index in [1.807, 2.05) is 6.92 Å². The third-order valence-corrected chi connectivity index (χ3v) is 7.27. The minimum atomic E-state index is -4.27. The molecule has 0 saturated heterocycles. The molecule has 1 heterocycles. The standard InChI is InChI=1S/C26H26N4O6S/c1-4-36-19-12-10-18(11-13-19)27-24(31)23(17-8-6-5-7-9-17)28-37(34,35)20-14-15-22-21(16-20)25(32)30(3)26(33)29(22)2/h5-16,23,28H,4H2,1-3H3,(H,27,31)/t23-/m1/s1. The number of carbonyl (C=O) groups is 1. The summed E-state index contributed by atoms with van der Waals surface area (Å²) in [6.07, 6.45) is 0. The maximum absolute atomic E-state index is 13.4. The van der Waals surface area contributed by atoms with Gasteiger partial charge in [-0.25, -0.2) is 13.2 Å². The second-order valence-electron chi connectivity index (χ2n) is 8.30. The molecule has 0 aliphatic carbocycles. The van der Waals surface area contributed by atoms with Crippen LogP contribution in [-0.2, 0) is 28.9 Å². The Kier molecular flexibility index (Phi) is 7.28. The molecule has 0 bridgehead atoms. The molecule has 4 aromatic rings. The number of aromatic nitrogens is 2. The zero-order valence-electron chi connectivity index (χ0n) is 20.5. The smallest absolute Gasteiger partial charge is 0.330 e. The molecule has 4 rings (SSSR count). The summed E-state index contributed by atoms with van der Waals surface area (Å²) in [6, 6.07) is 17.7. The van der Waals surface area contributed by atoms with Crippen molar-refractivity contribution in [1.29, 1.82) is 0 Å². The van der Waals surface area contributed by atoms with Gasteiger partial charge < -0.3 is 10.1 Å².